The highest BCUT2D eigenvalue weighted by Crippen LogP contribution is 2.35. The van der Waals surface area contributed by atoms with Crippen LogP contribution in [0.5, 0.6) is 5.75 Å². The number of hydrogen-bond donors (Lipinski definition) is 1. The summed E-state index contributed by atoms with van der Waals surface area (Å²) in [5.74, 6) is -0.697. The van der Waals surface area contributed by atoms with E-state index in [1.54, 1.807) is 40.0 Å². The number of nitrogens with one attached hydrogen (secondary N) is 1. The van der Waals surface area contributed by atoms with Crippen LogP contribution in [0.25, 0.3) is 0 Å². The first kappa shape index (κ1) is 22.5. The van der Waals surface area contributed by atoms with Crippen LogP contribution in [-0.2, 0) is 9.53 Å². The summed E-state index contributed by atoms with van der Waals surface area (Å²) in [7, 11) is 1.60. The first-order valence-corrected chi connectivity index (χ1v) is 9.95. The number of benzene rings is 2. The molecule has 2 unspecified atom stereocenters. The molecule has 2 aromatic carbocycles. The van der Waals surface area contributed by atoms with E-state index in [4.69, 9.17) is 9.47 Å². The number of hydrogen-bond acceptors (Lipinski definition) is 5. The van der Waals surface area contributed by atoms with Crippen LogP contribution < -0.4 is 10.1 Å². The molecule has 0 aliphatic heterocycles. The van der Waals surface area contributed by atoms with Gasteiger partial charge in [0, 0.05) is 11.3 Å². The molecular formula is C24H31NO4. The monoisotopic (exact) mass is 397 g/mol. The number of ether oxygens (including phenoxy) is 2. The van der Waals surface area contributed by atoms with Crippen molar-refractivity contribution in [1.82, 2.24) is 0 Å². The minimum atomic E-state index is -1.23. The van der Waals surface area contributed by atoms with Crippen LogP contribution in [-0.4, -0.2) is 30.5 Å². The van der Waals surface area contributed by atoms with E-state index in [1.807, 2.05) is 56.3 Å². The minimum absolute atomic E-state index is 0.110. The highest BCUT2D eigenvalue weighted by molar-refractivity contribution is 6.03. The summed E-state index contributed by atoms with van der Waals surface area (Å²) in [5, 5.41) is 3.35. The largest absolute Gasteiger partial charge is 0.497 e. The number of carbonyl (C=O) groups excluding carboxylic acids is 2. The molecule has 2 atom stereocenters. The van der Waals surface area contributed by atoms with E-state index in [0.29, 0.717) is 17.0 Å². The summed E-state index contributed by atoms with van der Waals surface area (Å²) in [4.78, 5) is 26.7. The molecule has 0 aliphatic carbocycles. The SMILES string of the molecule is COc1ccc(NC(C(=O)OC(C)C)(C(C)C)C(C)C(=O)c2ccccc2)cc1. The summed E-state index contributed by atoms with van der Waals surface area (Å²) in [6.07, 6.45) is -0.294. The molecule has 0 fully saturated rings. The molecule has 5 nitrogen and oxygen atoms in total. The van der Waals surface area contributed by atoms with Crippen LogP contribution in [0.3, 0.4) is 0 Å². The maximum Gasteiger partial charge on any atom is 0.333 e. The molecule has 0 bridgehead atoms. The second kappa shape index (κ2) is 9.59. The Kier molecular flexibility index (Phi) is 7.43. The summed E-state index contributed by atoms with van der Waals surface area (Å²) in [6, 6.07) is 16.3. The number of esters is 1. The molecule has 0 radical (unpaired) electrons. The fourth-order valence-electron chi connectivity index (χ4n) is 3.50. The lowest BCUT2D eigenvalue weighted by atomic mass is 9.72. The fraction of sp³-hybridized carbons (Fsp3) is 0.417. The van der Waals surface area contributed by atoms with Crippen LogP contribution >= 0.6 is 0 Å². The summed E-state index contributed by atoms with van der Waals surface area (Å²) in [6.45, 7) is 9.24. The standard InChI is InChI=1S/C24H31NO4/c1-16(2)24(23(27)29-17(3)4,25-20-12-14-21(28-6)15-13-20)18(5)22(26)19-10-8-7-9-11-19/h7-18,25H,1-6H3. The predicted octanol–water partition coefficient (Wildman–Crippen LogP) is 4.97. The van der Waals surface area contributed by atoms with Crippen molar-refractivity contribution in [2.45, 2.75) is 46.3 Å². The van der Waals surface area contributed by atoms with Gasteiger partial charge in [-0.2, -0.15) is 0 Å². The maximum absolute atomic E-state index is 13.4. The second-order valence-corrected chi connectivity index (χ2v) is 7.78. The molecule has 0 spiro atoms. The van der Waals surface area contributed by atoms with Gasteiger partial charge in [0.2, 0.25) is 0 Å². The van der Waals surface area contributed by atoms with Crippen LogP contribution in [0.2, 0.25) is 0 Å². The lowest BCUT2D eigenvalue weighted by molar-refractivity contribution is -0.156. The van der Waals surface area contributed by atoms with E-state index >= 15 is 0 Å². The third-order valence-electron chi connectivity index (χ3n) is 5.17. The number of anilines is 1. The average molecular weight is 398 g/mol. The Hall–Kier alpha value is -2.82. The molecule has 156 valence electrons. The van der Waals surface area contributed by atoms with Gasteiger partial charge in [-0.05, 0) is 44.0 Å². The summed E-state index contributed by atoms with van der Waals surface area (Å²) in [5.41, 5.74) is 0.0537. The van der Waals surface area contributed by atoms with Crippen LogP contribution in [0.1, 0.15) is 45.0 Å². The van der Waals surface area contributed by atoms with Crippen molar-refractivity contribution in [3.05, 3.63) is 60.2 Å². The molecule has 0 saturated carbocycles. The summed E-state index contributed by atoms with van der Waals surface area (Å²) < 4.78 is 10.8. The van der Waals surface area contributed by atoms with Gasteiger partial charge in [0.15, 0.2) is 5.78 Å². The van der Waals surface area contributed by atoms with Gasteiger partial charge in [0.05, 0.1) is 19.1 Å². The molecule has 0 saturated heterocycles. The van der Waals surface area contributed by atoms with Crippen molar-refractivity contribution < 1.29 is 19.1 Å². The maximum atomic E-state index is 13.4. The third-order valence-corrected chi connectivity index (χ3v) is 5.17. The smallest absolute Gasteiger partial charge is 0.333 e. The Morgan fingerprint density at radius 3 is 1.97 bits per heavy atom. The molecule has 5 heteroatoms. The van der Waals surface area contributed by atoms with E-state index in [9.17, 15) is 9.59 Å². The van der Waals surface area contributed by atoms with E-state index in [1.165, 1.54) is 0 Å². The highest BCUT2D eigenvalue weighted by atomic mass is 16.5. The van der Waals surface area contributed by atoms with E-state index in [2.05, 4.69) is 5.32 Å². The first-order valence-electron chi connectivity index (χ1n) is 9.95. The van der Waals surface area contributed by atoms with Crippen molar-refractivity contribution in [3.8, 4) is 5.75 Å². The molecule has 29 heavy (non-hydrogen) atoms. The number of ketones is 1. The van der Waals surface area contributed by atoms with Gasteiger partial charge in [-0.1, -0.05) is 51.1 Å². The molecule has 2 rings (SSSR count). The van der Waals surface area contributed by atoms with E-state index < -0.39 is 17.4 Å². The van der Waals surface area contributed by atoms with Gasteiger partial charge in [0.25, 0.3) is 0 Å². The van der Waals surface area contributed by atoms with Crippen molar-refractivity contribution >= 4 is 17.4 Å². The summed E-state index contributed by atoms with van der Waals surface area (Å²) >= 11 is 0. The van der Waals surface area contributed by atoms with Crippen LogP contribution in [0, 0.1) is 11.8 Å². The van der Waals surface area contributed by atoms with Crippen LogP contribution in [0.4, 0.5) is 5.69 Å². The molecular weight excluding hydrogens is 366 g/mol. The lowest BCUT2D eigenvalue weighted by Gasteiger charge is -2.41. The third kappa shape index (κ3) is 4.97. The van der Waals surface area contributed by atoms with Gasteiger partial charge in [-0.3, -0.25) is 4.79 Å². The Balaban J connectivity index is 2.51. The number of methoxy groups -OCH3 is 1. The topological polar surface area (TPSA) is 64.6 Å². The molecule has 0 amide bonds. The zero-order valence-electron chi connectivity index (χ0n) is 18.1. The van der Waals surface area contributed by atoms with E-state index in [0.717, 1.165) is 0 Å². The molecule has 0 heterocycles. The Morgan fingerprint density at radius 1 is 0.897 bits per heavy atom. The van der Waals surface area contributed by atoms with Gasteiger partial charge >= 0.3 is 5.97 Å². The van der Waals surface area contributed by atoms with Crippen molar-refractivity contribution in [3.63, 3.8) is 0 Å². The highest BCUT2D eigenvalue weighted by Gasteiger charge is 2.51. The van der Waals surface area contributed by atoms with Gasteiger partial charge in [-0.25, -0.2) is 4.79 Å². The molecule has 1 N–H and O–H groups in total. The fourth-order valence-corrected chi connectivity index (χ4v) is 3.50. The van der Waals surface area contributed by atoms with Gasteiger partial charge < -0.3 is 14.8 Å². The van der Waals surface area contributed by atoms with E-state index in [-0.39, 0.29) is 17.8 Å². The van der Waals surface area contributed by atoms with Crippen molar-refractivity contribution in [2.75, 3.05) is 12.4 Å². The lowest BCUT2D eigenvalue weighted by Crippen LogP contribution is -2.59. The molecule has 0 aliphatic rings. The van der Waals surface area contributed by atoms with Crippen LogP contribution in [0.15, 0.2) is 54.6 Å². The first-order chi connectivity index (χ1) is 13.7. The second-order valence-electron chi connectivity index (χ2n) is 7.78. The van der Waals surface area contributed by atoms with Crippen molar-refractivity contribution in [2.24, 2.45) is 11.8 Å². The van der Waals surface area contributed by atoms with Gasteiger partial charge in [-0.15, -0.1) is 0 Å². The molecule has 0 aromatic heterocycles. The predicted molar refractivity (Wildman–Crippen MR) is 115 cm³/mol. The Labute approximate surface area is 173 Å². The molecule has 2 aromatic rings. The number of rotatable bonds is 9. The average Bonchev–Trinajstić information content (AvgIpc) is 2.71. The van der Waals surface area contributed by atoms with Gasteiger partial charge in [0.1, 0.15) is 11.3 Å². The number of Topliss-reactive ketones (excluding diaryl/α,β-unsaturated/α-hetero) is 1. The zero-order valence-corrected chi connectivity index (χ0v) is 18.1. The minimum Gasteiger partial charge on any atom is -0.497 e. The number of carbonyl (C=O) groups is 2. The quantitative estimate of drug-likeness (QED) is 0.478. The Bertz CT molecular complexity index is 815. The Morgan fingerprint density at radius 2 is 1.48 bits per heavy atom. The normalized spacial score (nSPS) is 14.2. The zero-order chi connectivity index (χ0) is 21.6. The van der Waals surface area contributed by atoms with Crippen molar-refractivity contribution in [1.29, 1.82) is 0 Å².